The highest BCUT2D eigenvalue weighted by atomic mass is 16.5. The molecule has 0 fully saturated rings. The number of rotatable bonds is 3. The summed E-state index contributed by atoms with van der Waals surface area (Å²) in [6.45, 7) is 0. The van der Waals surface area contributed by atoms with Gasteiger partial charge in [0.15, 0.2) is 0 Å². The van der Waals surface area contributed by atoms with E-state index in [1.165, 1.54) is 47.9 Å². The van der Waals surface area contributed by atoms with Crippen molar-refractivity contribution < 1.29 is 4.74 Å². The van der Waals surface area contributed by atoms with Crippen molar-refractivity contribution in [2.24, 2.45) is 0 Å². The lowest BCUT2D eigenvalue weighted by molar-refractivity contribution is 0.483. The van der Waals surface area contributed by atoms with Crippen LogP contribution < -0.4 is 4.74 Å². The molecule has 1 aliphatic rings. The predicted octanol–water partition coefficient (Wildman–Crippen LogP) is 6.02. The minimum Gasteiger partial charge on any atom is -0.457 e. The third kappa shape index (κ3) is 3.00. The Balaban J connectivity index is 1.69. The van der Waals surface area contributed by atoms with Gasteiger partial charge >= 0.3 is 0 Å². The summed E-state index contributed by atoms with van der Waals surface area (Å²) in [6.07, 6.45) is 5.01. The molecule has 0 radical (unpaired) electrons. The van der Waals surface area contributed by atoms with E-state index >= 15 is 0 Å². The van der Waals surface area contributed by atoms with Crippen LogP contribution in [0.4, 0.5) is 0 Å². The number of para-hydroxylation sites is 1. The van der Waals surface area contributed by atoms with Crippen molar-refractivity contribution in [3.05, 3.63) is 83.9 Å². The molecule has 23 heavy (non-hydrogen) atoms. The van der Waals surface area contributed by atoms with E-state index in [9.17, 15) is 0 Å². The third-order valence-electron chi connectivity index (χ3n) is 4.52. The molecule has 0 heterocycles. The fourth-order valence-electron chi connectivity index (χ4n) is 3.40. The van der Waals surface area contributed by atoms with Gasteiger partial charge in [-0.3, -0.25) is 0 Å². The number of benzene rings is 3. The maximum atomic E-state index is 5.98. The molecule has 114 valence electrons. The first-order chi connectivity index (χ1) is 11.4. The second-order valence-corrected chi connectivity index (χ2v) is 6.09. The van der Waals surface area contributed by atoms with Crippen LogP contribution in [0.1, 0.15) is 24.0 Å². The molecule has 0 amide bonds. The molecule has 0 unspecified atom stereocenters. The first-order valence-corrected chi connectivity index (χ1v) is 8.34. The van der Waals surface area contributed by atoms with Gasteiger partial charge in [-0.15, -0.1) is 0 Å². The Morgan fingerprint density at radius 3 is 2.35 bits per heavy atom. The van der Waals surface area contributed by atoms with Crippen molar-refractivity contribution >= 4 is 0 Å². The molecular formula is C22H20O. The molecule has 0 bridgehead atoms. The molecule has 0 atom stereocenters. The monoisotopic (exact) mass is 300 g/mol. The van der Waals surface area contributed by atoms with Crippen LogP contribution in [0.15, 0.2) is 72.8 Å². The Hall–Kier alpha value is -2.54. The number of hydrogen-bond acceptors (Lipinski definition) is 1. The summed E-state index contributed by atoms with van der Waals surface area (Å²) in [5, 5.41) is 0. The molecular weight excluding hydrogens is 280 g/mol. The highest BCUT2D eigenvalue weighted by Gasteiger charge is 2.14. The molecule has 0 spiro atoms. The van der Waals surface area contributed by atoms with E-state index in [-0.39, 0.29) is 0 Å². The maximum Gasteiger partial charge on any atom is 0.128 e. The van der Waals surface area contributed by atoms with Gasteiger partial charge in [0.05, 0.1) is 0 Å². The largest absolute Gasteiger partial charge is 0.457 e. The van der Waals surface area contributed by atoms with Crippen molar-refractivity contribution in [1.29, 1.82) is 0 Å². The van der Waals surface area contributed by atoms with E-state index in [1.54, 1.807) is 0 Å². The van der Waals surface area contributed by atoms with Crippen LogP contribution >= 0.6 is 0 Å². The van der Waals surface area contributed by atoms with Gasteiger partial charge in [-0.05, 0) is 72.2 Å². The lowest BCUT2D eigenvalue weighted by atomic mass is 9.86. The summed E-state index contributed by atoms with van der Waals surface area (Å²) in [5.41, 5.74) is 5.65. The molecule has 3 aromatic carbocycles. The van der Waals surface area contributed by atoms with Gasteiger partial charge in [-0.1, -0.05) is 48.5 Å². The molecule has 1 aliphatic carbocycles. The summed E-state index contributed by atoms with van der Waals surface area (Å²) in [7, 11) is 0. The molecule has 0 saturated carbocycles. The quantitative estimate of drug-likeness (QED) is 0.574. The van der Waals surface area contributed by atoms with Gasteiger partial charge in [-0.25, -0.2) is 0 Å². The van der Waals surface area contributed by atoms with E-state index in [4.69, 9.17) is 4.74 Å². The first kappa shape index (κ1) is 14.1. The summed E-state index contributed by atoms with van der Waals surface area (Å²) >= 11 is 0. The Morgan fingerprint density at radius 2 is 1.43 bits per heavy atom. The van der Waals surface area contributed by atoms with Crippen LogP contribution in [-0.2, 0) is 12.8 Å². The fraction of sp³-hybridized carbons (Fsp3) is 0.182. The minimum atomic E-state index is 0.875. The second-order valence-electron chi connectivity index (χ2n) is 6.09. The number of hydrogen-bond donors (Lipinski definition) is 0. The van der Waals surface area contributed by atoms with Crippen LogP contribution in [-0.4, -0.2) is 0 Å². The second kappa shape index (κ2) is 6.29. The van der Waals surface area contributed by atoms with Crippen molar-refractivity contribution in [2.45, 2.75) is 25.7 Å². The van der Waals surface area contributed by atoms with Crippen LogP contribution in [0, 0.1) is 0 Å². The third-order valence-corrected chi connectivity index (χ3v) is 4.52. The van der Waals surface area contributed by atoms with Crippen molar-refractivity contribution in [3.8, 4) is 22.6 Å². The van der Waals surface area contributed by atoms with Gasteiger partial charge in [0.25, 0.3) is 0 Å². The Morgan fingerprint density at radius 1 is 0.652 bits per heavy atom. The molecule has 0 saturated heterocycles. The highest BCUT2D eigenvalue weighted by molar-refractivity contribution is 5.70. The van der Waals surface area contributed by atoms with E-state index in [1.807, 2.05) is 36.4 Å². The minimum absolute atomic E-state index is 0.875. The van der Waals surface area contributed by atoms with Gasteiger partial charge in [-0.2, -0.15) is 0 Å². The normalized spacial score (nSPS) is 13.4. The van der Waals surface area contributed by atoms with Crippen LogP contribution in [0.2, 0.25) is 0 Å². The Bertz CT molecular complexity index is 805. The zero-order valence-corrected chi connectivity index (χ0v) is 13.2. The number of ether oxygens (including phenoxy) is 1. The number of fused-ring (bicyclic) bond motifs is 1. The average molecular weight is 300 g/mol. The Labute approximate surface area is 137 Å². The van der Waals surface area contributed by atoms with Crippen LogP contribution in [0.3, 0.4) is 0 Å². The van der Waals surface area contributed by atoms with Crippen LogP contribution in [0.5, 0.6) is 11.5 Å². The molecule has 1 nitrogen and oxygen atoms in total. The van der Waals surface area contributed by atoms with Crippen molar-refractivity contribution in [3.63, 3.8) is 0 Å². The van der Waals surface area contributed by atoms with Gasteiger partial charge < -0.3 is 4.74 Å². The Kier molecular flexibility index (Phi) is 3.85. The molecule has 0 aliphatic heterocycles. The smallest absolute Gasteiger partial charge is 0.128 e. The maximum absolute atomic E-state index is 5.98. The van der Waals surface area contributed by atoms with Crippen molar-refractivity contribution in [1.82, 2.24) is 0 Å². The van der Waals surface area contributed by atoms with E-state index in [0.29, 0.717) is 0 Å². The van der Waals surface area contributed by atoms with E-state index in [2.05, 4.69) is 36.4 Å². The first-order valence-electron chi connectivity index (χ1n) is 8.34. The lowest BCUT2D eigenvalue weighted by Crippen LogP contribution is -2.04. The summed E-state index contributed by atoms with van der Waals surface area (Å²) in [6, 6.07) is 25.1. The standard InChI is InChI=1S/C22H20O/c1-2-11-19(12-3-1)23-20-13-6-10-18(16-20)22-15-7-9-17-8-4-5-14-21(17)22/h1-3,6-7,9-13,15-16H,4-5,8,14H2. The van der Waals surface area contributed by atoms with E-state index in [0.717, 1.165) is 11.5 Å². The summed E-state index contributed by atoms with van der Waals surface area (Å²) < 4.78 is 5.98. The van der Waals surface area contributed by atoms with E-state index < -0.39 is 0 Å². The fourth-order valence-corrected chi connectivity index (χ4v) is 3.40. The average Bonchev–Trinajstić information content (AvgIpc) is 2.62. The molecule has 4 rings (SSSR count). The van der Waals surface area contributed by atoms with Crippen LogP contribution in [0.25, 0.3) is 11.1 Å². The predicted molar refractivity (Wildman–Crippen MR) is 95.0 cm³/mol. The molecule has 3 aromatic rings. The van der Waals surface area contributed by atoms with Gasteiger partial charge in [0, 0.05) is 0 Å². The zero-order valence-electron chi connectivity index (χ0n) is 13.2. The molecule has 0 N–H and O–H groups in total. The van der Waals surface area contributed by atoms with Gasteiger partial charge in [0.1, 0.15) is 11.5 Å². The topological polar surface area (TPSA) is 9.23 Å². The van der Waals surface area contributed by atoms with Gasteiger partial charge in [0.2, 0.25) is 0 Å². The lowest BCUT2D eigenvalue weighted by Gasteiger charge is -2.19. The summed E-state index contributed by atoms with van der Waals surface area (Å²) in [4.78, 5) is 0. The molecule has 1 heteroatoms. The zero-order chi connectivity index (χ0) is 15.5. The van der Waals surface area contributed by atoms with Crippen molar-refractivity contribution in [2.75, 3.05) is 0 Å². The number of aryl methyl sites for hydroxylation is 1. The molecule has 0 aromatic heterocycles. The SMILES string of the molecule is c1ccc(Oc2cccc(-c3cccc4c3CCCC4)c2)cc1. The summed E-state index contributed by atoms with van der Waals surface area (Å²) in [5.74, 6) is 1.77. The highest BCUT2D eigenvalue weighted by Crippen LogP contribution is 2.33.